The van der Waals surface area contributed by atoms with Gasteiger partial charge in [-0.05, 0) is 51.3 Å². The third-order valence-corrected chi connectivity index (χ3v) is 4.47. The number of ketones is 1. The number of benzene rings is 1. The molecule has 0 saturated heterocycles. The summed E-state index contributed by atoms with van der Waals surface area (Å²) in [5.41, 5.74) is 1.86. The van der Waals surface area contributed by atoms with E-state index in [-0.39, 0.29) is 5.78 Å². The van der Waals surface area contributed by atoms with E-state index in [0.717, 1.165) is 11.2 Å². The summed E-state index contributed by atoms with van der Waals surface area (Å²) in [6, 6.07) is 8.99. The van der Waals surface area contributed by atoms with E-state index in [1.165, 1.54) is 11.3 Å². The Hall–Kier alpha value is -2.40. The number of carbonyl (C=O) groups is 2. The quantitative estimate of drug-likeness (QED) is 0.554. The maximum Gasteiger partial charge on any atom is 0.339 e. The van der Waals surface area contributed by atoms with Crippen LogP contribution >= 0.6 is 11.3 Å². The van der Waals surface area contributed by atoms with Gasteiger partial charge in [0.05, 0.1) is 16.0 Å². The van der Waals surface area contributed by atoms with Crippen LogP contribution in [0.4, 0.5) is 0 Å². The van der Waals surface area contributed by atoms with Crippen LogP contribution in [-0.4, -0.2) is 22.3 Å². The minimum absolute atomic E-state index is 0.0789. The zero-order valence-corrected chi connectivity index (χ0v) is 14.9. The van der Waals surface area contributed by atoms with Crippen molar-refractivity contribution in [2.24, 2.45) is 0 Å². The molecule has 3 rings (SSSR count). The van der Waals surface area contributed by atoms with E-state index in [2.05, 4.69) is 4.98 Å². The standard InChI is InChI=1S/C19H19NO3S/c1-11-15(17(21)14-9-6-10-24-14)16-12(7-5-8-13(16)20-11)18(22)23-19(2,3)4/h5-10,20H,1-4H3. The lowest BCUT2D eigenvalue weighted by atomic mass is 10.0. The Kier molecular flexibility index (Phi) is 4.05. The molecule has 24 heavy (non-hydrogen) atoms. The second-order valence-electron chi connectivity index (χ2n) is 6.66. The number of aryl methyl sites for hydroxylation is 1. The molecular formula is C19H19NO3S. The van der Waals surface area contributed by atoms with Crippen molar-refractivity contribution in [3.05, 3.63) is 57.4 Å². The van der Waals surface area contributed by atoms with E-state index in [0.29, 0.717) is 21.4 Å². The number of aromatic amines is 1. The summed E-state index contributed by atoms with van der Waals surface area (Å²) in [7, 11) is 0. The van der Waals surface area contributed by atoms with Crippen molar-refractivity contribution in [1.29, 1.82) is 0 Å². The minimum Gasteiger partial charge on any atom is -0.456 e. The predicted octanol–water partition coefficient (Wildman–Crippen LogP) is 4.72. The lowest BCUT2D eigenvalue weighted by molar-refractivity contribution is 0.00718. The van der Waals surface area contributed by atoms with Crippen LogP contribution in [0.5, 0.6) is 0 Å². The van der Waals surface area contributed by atoms with E-state index in [9.17, 15) is 9.59 Å². The van der Waals surface area contributed by atoms with Crippen LogP contribution in [0.25, 0.3) is 10.9 Å². The Labute approximate surface area is 144 Å². The Balaban J connectivity index is 2.18. The molecule has 5 heteroatoms. The average Bonchev–Trinajstić information content (AvgIpc) is 3.10. The summed E-state index contributed by atoms with van der Waals surface area (Å²) < 4.78 is 5.51. The number of fused-ring (bicyclic) bond motifs is 1. The fourth-order valence-corrected chi connectivity index (χ4v) is 3.37. The zero-order valence-electron chi connectivity index (χ0n) is 14.1. The molecule has 0 unspecified atom stereocenters. The van der Waals surface area contributed by atoms with Gasteiger partial charge in [0, 0.05) is 16.6 Å². The van der Waals surface area contributed by atoms with Crippen molar-refractivity contribution in [2.75, 3.05) is 0 Å². The van der Waals surface area contributed by atoms with Crippen molar-refractivity contribution >= 4 is 34.0 Å². The second-order valence-corrected chi connectivity index (χ2v) is 7.61. The van der Waals surface area contributed by atoms with Crippen molar-refractivity contribution in [2.45, 2.75) is 33.3 Å². The van der Waals surface area contributed by atoms with E-state index < -0.39 is 11.6 Å². The molecule has 0 saturated carbocycles. The highest BCUT2D eigenvalue weighted by atomic mass is 32.1. The van der Waals surface area contributed by atoms with Gasteiger partial charge in [0.15, 0.2) is 0 Å². The number of nitrogens with one attached hydrogen (secondary N) is 1. The van der Waals surface area contributed by atoms with Gasteiger partial charge >= 0.3 is 5.97 Å². The molecule has 3 aromatic rings. The van der Waals surface area contributed by atoms with Gasteiger partial charge in [-0.2, -0.15) is 0 Å². The second kappa shape index (κ2) is 5.91. The Bertz CT molecular complexity index is 914. The first-order valence-corrected chi connectivity index (χ1v) is 8.59. The molecule has 0 spiro atoms. The van der Waals surface area contributed by atoms with Crippen molar-refractivity contribution in [1.82, 2.24) is 4.98 Å². The van der Waals surface area contributed by atoms with Gasteiger partial charge in [-0.25, -0.2) is 4.79 Å². The molecule has 1 N–H and O–H groups in total. The van der Waals surface area contributed by atoms with Crippen LogP contribution < -0.4 is 0 Å². The smallest absolute Gasteiger partial charge is 0.339 e. The number of rotatable bonds is 3. The largest absolute Gasteiger partial charge is 0.456 e. The van der Waals surface area contributed by atoms with Crippen molar-refractivity contribution < 1.29 is 14.3 Å². The van der Waals surface area contributed by atoms with Crippen LogP contribution in [0.1, 0.15) is 52.1 Å². The summed E-state index contributed by atoms with van der Waals surface area (Å²) in [5.74, 6) is -0.503. The highest BCUT2D eigenvalue weighted by molar-refractivity contribution is 7.12. The lowest BCUT2D eigenvalue weighted by Crippen LogP contribution is -2.24. The topological polar surface area (TPSA) is 59.2 Å². The van der Waals surface area contributed by atoms with Crippen LogP contribution in [0, 0.1) is 6.92 Å². The summed E-state index contributed by atoms with van der Waals surface area (Å²) in [4.78, 5) is 29.4. The van der Waals surface area contributed by atoms with Crippen LogP contribution in [0.3, 0.4) is 0 Å². The molecule has 0 aliphatic heterocycles. The molecular weight excluding hydrogens is 322 g/mol. The van der Waals surface area contributed by atoms with Crippen molar-refractivity contribution in [3.63, 3.8) is 0 Å². The number of hydrogen-bond acceptors (Lipinski definition) is 4. The number of aromatic nitrogens is 1. The van der Waals surface area contributed by atoms with Crippen LogP contribution in [0.15, 0.2) is 35.7 Å². The number of esters is 1. The summed E-state index contributed by atoms with van der Waals surface area (Å²) in [6.45, 7) is 7.32. The molecule has 0 bridgehead atoms. The number of carbonyl (C=O) groups excluding carboxylic acids is 2. The molecule has 0 fully saturated rings. The highest BCUT2D eigenvalue weighted by Crippen LogP contribution is 2.30. The van der Waals surface area contributed by atoms with E-state index in [1.807, 2.05) is 45.2 Å². The fraction of sp³-hybridized carbons (Fsp3) is 0.263. The van der Waals surface area contributed by atoms with E-state index >= 15 is 0 Å². The molecule has 0 aliphatic carbocycles. The minimum atomic E-state index is -0.595. The van der Waals surface area contributed by atoms with Gasteiger partial charge < -0.3 is 9.72 Å². The third kappa shape index (κ3) is 2.99. The van der Waals surface area contributed by atoms with E-state index in [4.69, 9.17) is 4.74 Å². The summed E-state index contributed by atoms with van der Waals surface area (Å²) >= 11 is 1.39. The number of H-pyrrole nitrogens is 1. The zero-order chi connectivity index (χ0) is 17.5. The first-order chi connectivity index (χ1) is 11.3. The molecule has 0 radical (unpaired) electrons. The normalized spacial score (nSPS) is 11.7. The van der Waals surface area contributed by atoms with Gasteiger partial charge in [0.2, 0.25) is 5.78 Å². The Morgan fingerprint density at radius 1 is 1.12 bits per heavy atom. The molecule has 2 aromatic heterocycles. The fourth-order valence-electron chi connectivity index (χ4n) is 2.70. The molecule has 2 heterocycles. The monoisotopic (exact) mass is 341 g/mol. The first kappa shape index (κ1) is 16.5. The highest BCUT2D eigenvalue weighted by Gasteiger charge is 2.25. The molecule has 0 amide bonds. The van der Waals surface area contributed by atoms with Crippen molar-refractivity contribution in [3.8, 4) is 0 Å². The van der Waals surface area contributed by atoms with Gasteiger partial charge in [-0.1, -0.05) is 12.1 Å². The van der Waals surface area contributed by atoms with Gasteiger partial charge in [0.1, 0.15) is 5.60 Å². The van der Waals surface area contributed by atoms with Crippen LogP contribution in [0.2, 0.25) is 0 Å². The number of ether oxygens (including phenoxy) is 1. The molecule has 0 atom stereocenters. The predicted molar refractivity (Wildman–Crippen MR) is 96.0 cm³/mol. The maximum atomic E-state index is 12.9. The maximum absolute atomic E-state index is 12.9. The molecule has 0 aliphatic rings. The van der Waals surface area contributed by atoms with Gasteiger partial charge in [-0.15, -0.1) is 11.3 Å². The summed E-state index contributed by atoms with van der Waals surface area (Å²) in [6.07, 6.45) is 0. The van der Waals surface area contributed by atoms with Gasteiger partial charge in [0.25, 0.3) is 0 Å². The Morgan fingerprint density at radius 2 is 1.88 bits per heavy atom. The SMILES string of the molecule is Cc1[nH]c2cccc(C(=O)OC(C)(C)C)c2c1C(=O)c1cccs1. The molecule has 124 valence electrons. The lowest BCUT2D eigenvalue weighted by Gasteiger charge is -2.20. The Morgan fingerprint density at radius 3 is 2.50 bits per heavy atom. The van der Waals surface area contributed by atoms with Gasteiger partial charge in [-0.3, -0.25) is 4.79 Å². The average molecular weight is 341 g/mol. The van der Waals surface area contributed by atoms with Crippen LogP contribution in [-0.2, 0) is 4.74 Å². The first-order valence-electron chi connectivity index (χ1n) is 7.71. The number of hydrogen-bond donors (Lipinski definition) is 1. The molecule has 1 aromatic carbocycles. The molecule has 4 nitrogen and oxygen atoms in total. The van der Waals surface area contributed by atoms with E-state index in [1.54, 1.807) is 18.2 Å². The number of thiophene rings is 1. The summed E-state index contributed by atoms with van der Waals surface area (Å²) in [5, 5.41) is 2.49. The third-order valence-electron chi connectivity index (χ3n) is 3.60.